The maximum Gasteiger partial charge on any atom is 0.0734 e. The van der Waals surface area contributed by atoms with Crippen molar-refractivity contribution in [2.24, 2.45) is 5.92 Å². The first-order valence-corrected chi connectivity index (χ1v) is 8.45. The van der Waals surface area contributed by atoms with Gasteiger partial charge in [-0.3, -0.25) is 4.90 Å². The van der Waals surface area contributed by atoms with Gasteiger partial charge in [0.1, 0.15) is 0 Å². The molecule has 1 N–H and O–H groups in total. The molecular weight excluding hydrogens is 278 g/mol. The molecule has 0 bridgehead atoms. The summed E-state index contributed by atoms with van der Waals surface area (Å²) in [5.41, 5.74) is 1.23. The molecule has 2 fully saturated rings. The zero-order chi connectivity index (χ0) is 15.2. The lowest BCUT2D eigenvalue weighted by molar-refractivity contribution is -0.0579. The summed E-state index contributed by atoms with van der Waals surface area (Å²) in [6, 6.07) is 10.8. The lowest BCUT2D eigenvalue weighted by Gasteiger charge is -2.37. The Labute approximate surface area is 133 Å². The van der Waals surface area contributed by atoms with Crippen LogP contribution in [0.1, 0.15) is 24.8 Å². The van der Waals surface area contributed by atoms with E-state index in [0.717, 1.165) is 45.6 Å². The highest BCUT2D eigenvalue weighted by Crippen LogP contribution is 2.33. The molecule has 1 aliphatic heterocycles. The standard InChI is InChI=1S/C18H27NO3/c20-13-16-11-17-18(12-16)22-10-8-19(17)7-4-9-21-14-15-5-2-1-3-6-15/h1-3,5-6,16-18,20H,4,7-14H2/t16-,17+,18+/m1/s1. The van der Waals surface area contributed by atoms with Crippen LogP contribution in [-0.2, 0) is 16.1 Å². The van der Waals surface area contributed by atoms with Crippen LogP contribution in [0, 0.1) is 5.92 Å². The van der Waals surface area contributed by atoms with Gasteiger partial charge in [-0.05, 0) is 30.7 Å². The summed E-state index contributed by atoms with van der Waals surface area (Å²) >= 11 is 0. The van der Waals surface area contributed by atoms with E-state index < -0.39 is 0 Å². The predicted molar refractivity (Wildman–Crippen MR) is 85.6 cm³/mol. The maximum absolute atomic E-state index is 9.36. The largest absolute Gasteiger partial charge is 0.396 e. The number of nitrogens with zero attached hydrogens (tertiary/aromatic N) is 1. The zero-order valence-corrected chi connectivity index (χ0v) is 13.2. The van der Waals surface area contributed by atoms with Gasteiger partial charge < -0.3 is 14.6 Å². The maximum atomic E-state index is 9.36. The summed E-state index contributed by atoms with van der Waals surface area (Å²) in [5, 5.41) is 9.36. The van der Waals surface area contributed by atoms with Crippen molar-refractivity contribution in [3.8, 4) is 0 Å². The van der Waals surface area contributed by atoms with E-state index in [0.29, 0.717) is 31.3 Å². The normalized spacial score (nSPS) is 28.7. The number of ether oxygens (including phenoxy) is 2. The highest BCUT2D eigenvalue weighted by molar-refractivity contribution is 5.13. The van der Waals surface area contributed by atoms with Crippen LogP contribution in [0.3, 0.4) is 0 Å². The average Bonchev–Trinajstić information content (AvgIpc) is 2.99. The highest BCUT2D eigenvalue weighted by atomic mass is 16.5. The van der Waals surface area contributed by atoms with Crippen molar-refractivity contribution >= 4 is 0 Å². The lowest BCUT2D eigenvalue weighted by atomic mass is 10.1. The molecule has 2 aliphatic rings. The van der Waals surface area contributed by atoms with Gasteiger partial charge in [-0.25, -0.2) is 0 Å². The predicted octanol–water partition coefficient (Wildman–Crippen LogP) is 2.06. The van der Waals surface area contributed by atoms with Crippen LogP contribution in [0.2, 0.25) is 0 Å². The summed E-state index contributed by atoms with van der Waals surface area (Å²) in [7, 11) is 0. The van der Waals surface area contributed by atoms with Gasteiger partial charge in [0.15, 0.2) is 0 Å². The quantitative estimate of drug-likeness (QED) is 0.783. The molecular formula is C18H27NO3. The van der Waals surface area contributed by atoms with Gasteiger partial charge in [0.05, 0.1) is 19.3 Å². The number of aliphatic hydroxyl groups is 1. The van der Waals surface area contributed by atoms with Crippen molar-refractivity contribution < 1.29 is 14.6 Å². The average molecular weight is 305 g/mol. The molecule has 4 nitrogen and oxygen atoms in total. The highest BCUT2D eigenvalue weighted by Gasteiger charge is 2.40. The SMILES string of the molecule is OC[C@H]1C[C@@H]2OCCN(CCCOCc3ccccc3)[C@H]2C1. The Hall–Kier alpha value is -0.940. The third kappa shape index (κ3) is 4.07. The Kier molecular flexibility index (Phi) is 5.84. The van der Waals surface area contributed by atoms with Crippen molar-refractivity contribution in [1.82, 2.24) is 4.90 Å². The summed E-state index contributed by atoms with van der Waals surface area (Å²) in [5.74, 6) is 0.421. The summed E-state index contributed by atoms with van der Waals surface area (Å²) in [6.45, 7) is 4.69. The molecule has 1 saturated heterocycles. The molecule has 0 amide bonds. The van der Waals surface area contributed by atoms with Crippen molar-refractivity contribution in [1.29, 1.82) is 0 Å². The fraction of sp³-hybridized carbons (Fsp3) is 0.667. The first kappa shape index (κ1) is 15.9. The second-order valence-corrected chi connectivity index (χ2v) is 6.42. The summed E-state index contributed by atoms with van der Waals surface area (Å²) < 4.78 is 11.6. The second kappa shape index (κ2) is 8.06. The number of morpholine rings is 1. The van der Waals surface area contributed by atoms with E-state index in [2.05, 4.69) is 17.0 Å². The minimum Gasteiger partial charge on any atom is -0.396 e. The molecule has 0 aromatic heterocycles. The number of hydrogen-bond donors (Lipinski definition) is 1. The minimum absolute atomic E-state index is 0.296. The van der Waals surface area contributed by atoms with Crippen LogP contribution >= 0.6 is 0 Å². The fourth-order valence-corrected chi connectivity index (χ4v) is 3.69. The van der Waals surface area contributed by atoms with Crippen LogP contribution in [0.5, 0.6) is 0 Å². The topological polar surface area (TPSA) is 41.9 Å². The first-order valence-electron chi connectivity index (χ1n) is 8.45. The lowest BCUT2D eigenvalue weighted by Crippen LogP contribution is -2.48. The Morgan fingerprint density at radius 2 is 2.09 bits per heavy atom. The van der Waals surface area contributed by atoms with E-state index in [1.807, 2.05) is 18.2 Å². The van der Waals surface area contributed by atoms with E-state index >= 15 is 0 Å². The van der Waals surface area contributed by atoms with E-state index in [1.54, 1.807) is 0 Å². The van der Waals surface area contributed by atoms with Gasteiger partial charge in [0.2, 0.25) is 0 Å². The third-order valence-corrected chi connectivity index (χ3v) is 4.85. The van der Waals surface area contributed by atoms with Crippen LogP contribution in [-0.4, -0.2) is 55.1 Å². The molecule has 122 valence electrons. The van der Waals surface area contributed by atoms with Gasteiger partial charge in [-0.15, -0.1) is 0 Å². The first-order chi connectivity index (χ1) is 10.9. The van der Waals surface area contributed by atoms with E-state index in [4.69, 9.17) is 9.47 Å². The molecule has 4 heteroatoms. The fourth-order valence-electron chi connectivity index (χ4n) is 3.69. The third-order valence-electron chi connectivity index (χ3n) is 4.85. The van der Waals surface area contributed by atoms with Gasteiger partial charge in [0.25, 0.3) is 0 Å². The van der Waals surface area contributed by atoms with Crippen molar-refractivity contribution in [2.75, 3.05) is 32.9 Å². The Bertz CT molecular complexity index is 439. The molecule has 0 unspecified atom stereocenters. The number of hydrogen-bond acceptors (Lipinski definition) is 4. The molecule has 3 rings (SSSR count). The molecule has 1 heterocycles. The number of fused-ring (bicyclic) bond motifs is 1. The molecule has 1 aromatic carbocycles. The Balaban J connectivity index is 1.36. The van der Waals surface area contributed by atoms with Crippen molar-refractivity contribution in [3.63, 3.8) is 0 Å². The zero-order valence-electron chi connectivity index (χ0n) is 13.2. The van der Waals surface area contributed by atoms with E-state index in [1.165, 1.54) is 5.56 Å². The van der Waals surface area contributed by atoms with Crippen LogP contribution in [0.25, 0.3) is 0 Å². The Morgan fingerprint density at radius 3 is 2.91 bits per heavy atom. The second-order valence-electron chi connectivity index (χ2n) is 6.42. The smallest absolute Gasteiger partial charge is 0.0734 e. The van der Waals surface area contributed by atoms with E-state index in [-0.39, 0.29) is 0 Å². The molecule has 1 aliphatic carbocycles. The van der Waals surface area contributed by atoms with Gasteiger partial charge in [-0.2, -0.15) is 0 Å². The molecule has 1 aromatic rings. The van der Waals surface area contributed by atoms with Gasteiger partial charge in [0, 0.05) is 32.3 Å². The summed E-state index contributed by atoms with van der Waals surface area (Å²) in [6.07, 6.45) is 3.48. The van der Waals surface area contributed by atoms with Gasteiger partial charge in [-0.1, -0.05) is 30.3 Å². The molecule has 3 atom stereocenters. The van der Waals surface area contributed by atoms with Gasteiger partial charge >= 0.3 is 0 Å². The van der Waals surface area contributed by atoms with E-state index in [9.17, 15) is 5.11 Å². The molecule has 1 saturated carbocycles. The molecule has 0 spiro atoms. The van der Waals surface area contributed by atoms with Crippen molar-refractivity contribution in [2.45, 2.75) is 38.0 Å². The number of rotatable bonds is 7. The monoisotopic (exact) mass is 305 g/mol. The number of aliphatic hydroxyl groups excluding tert-OH is 1. The van der Waals surface area contributed by atoms with Crippen LogP contribution in [0.4, 0.5) is 0 Å². The molecule has 22 heavy (non-hydrogen) atoms. The van der Waals surface area contributed by atoms with Crippen LogP contribution in [0.15, 0.2) is 30.3 Å². The van der Waals surface area contributed by atoms with Crippen LogP contribution < -0.4 is 0 Å². The molecule has 0 radical (unpaired) electrons. The number of benzene rings is 1. The Morgan fingerprint density at radius 1 is 1.23 bits per heavy atom. The summed E-state index contributed by atoms with van der Waals surface area (Å²) in [4.78, 5) is 2.54. The minimum atomic E-state index is 0.296. The van der Waals surface area contributed by atoms with Crippen molar-refractivity contribution in [3.05, 3.63) is 35.9 Å².